The number of rotatable bonds is 4. The van der Waals surface area contributed by atoms with E-state index in [1.165, 1.54) is 0 Å². The zero-order valence-corrected chi connectivity index (χ0v) is 10.5. The van der Waals surface area contributed by atoms with E-state index in [1.807, 2.05) is 26.8 Å². The van der Waals surface area contributed by atoms with Crippen LogP contribution in [-0.4, -0.2) is 17.6 Å². The van der Waals surface area contributed by atoms with Gasteiger partial charge in [-0.2, -0.15) is 0 Å². The number of ether oxygens (including phenoxy) is 1. The van der Waals surface area contributed by atoms with Gasteiger partial charge in [-0.3, -0.25) is 4.98 Å². The third-order valence-electron chi connectivity index (χ3n) is 2.53. The standard InChI is InChI=1S/C13H19NO2/c1-5-7-12-11(13(15)16-6-2)8-9(3)10(4)14-12/h8H,5-7H2,1-4H3. The summed E-state index contributed by atoms with van der Waals surface area (Å²) in [4.78, 5) is 16.2. The molecule has 0 saturated carbocycles. The minimum atomic E-state index is -0.262. The highest BCUT2D eigenvalue weighted by molar-refractivity contribution is 5.90. The number of carbonyl (C=O) groups is 1. The number of pyridine rings is 1. The molecule has 1 heterocycles. The summed E-state index contributed by atoms with van der Waals surface area (Å²) in [6, 6.07) is 1.88. The monoisotopic (exact) mass is 221 g/mol. The van der Waals surface area contributed by atoms with Gasteiger partial charge < -0.3 is 4.74 Å². The molecule has 0 aliphatic rings. The van der Waals surface area contributed by atoms with Crippen molar-refractivity contribution in [3.63, 3.8) is 0 Å². The van der Waals surface area contributed by atoms with E-state index >= 15 is 0 Å². The Morgan fingerprint density at radius 3 is 2.62 bits per heavy atom. The third kappa shape index (κ3) is 2.81. The van der Waals surface area contributed by atoms with Crippen LogP contribution in [0.25, 0.3) is 0 Å². The molecule has 16 heavy (non-hydrogen) atoms. The van der Waals surface area contributed by atoms with E-state index in [0.717, 1.165) is 29.8 Å². The van der Waals surface area contributed by atoms with Crippen LogP contribution in [0, 0.1) is 13.8 Å². The first kappa shape index (κ1) is 12.7. The summed E-state index contributed by atoms with van der Waals surface area (Å²) >= 11 is 0. The normalized spacial score (nSPS) is 10.2. The second kappa shape index (κ2) is 5.64. The van der Waals surface area contributed by atoms with Gasteiger partial charge in [0.15, 0.2) is 0 Å². The van der Waals surface area contributed by atoms with Gasteiger partial charge in [0.05, 0.1) is 17.9 Å². The maximum Gasteiger partial charge on any atom is 0.339 e. The summed E-state index contributed by atoms with van der Waals surface area (Å²) in [5.41, 5.74) is 3.48. The van der Waals surface area contributed by atoms with Gasteiger partial charge in [0, 0.05) is 5.69 Å². The van der Waals surface area contributed by atoms with E-state index in [4.69, 9.17) is 4.74 Å². The predicted molar refractivity (Wildman–Crippen MR) is 63.7 cm³/mol. The van der Waals surface area contributed by atoms with Crippen LogP contribution >= 0.6 is 0 Å². The van der Waals surface area contributed by atoms with Crippen LogP contribution in [-0.2, 0) is 11.2 Å². The number of hydrogen-bond donors (Lipinski definition) is 0. The van der Waals surface area contributed by atoms with Crippen molar-refractivity contribution in [1.29, 1.82) is 0 Å². The fraction of sp³-hybridized carbons (Fsp3) is 0.538. The lowest BCUT2D eigenvalue weighted by Crippen LogP contribution is -2.11. The van der Waals surface area contributed by atoms with Gasteiger partial charge in [-0.25, -0.2) is 4.79 Å². The molecule has 0 unspecified atom stereocenters. The smallest absolute Gasteiger partial charge is 0.339 e. The highest BCUT2D eigenvalue weighted by atomic mass is 16.5. The number of hydrogen-bond acceptors (Lipinski definition) is 3. The molecule has 3 nitrogen and oxygen atoms in total. The lowest BCUT2D eigenvalue weighted by molar-refractivity contribution is 0.0524. The first-order valence-electron chi connectivity index (χ1n) is 5.74. The van der Waals surface area contributed by atoms with Gasteiger partial charge in [-0.15, -0.1) is 0 Å². The van der Waals surface area contributed by atoms with Crippen LogP contribution in [0.15, 0.2) is 6.07 Å². The highest BCUT2D eigenvalue weighted by Crippen LogP contribution is 2.15. The fourth-order valence-corrected chi connectivity index (χ4v) is 1.57. The first-order chi connectivity index (χ1) is 7.60. The van der Waals surface area contributed by atoms with Crippen molar-refractivity contribution < 1.29 is 9.53 Å². The predicted octanol–water partition coefficient (Wildman–Crippen LogP) is 2.83. The highest BCUT2D eigenvalue weighted by Gasteiger charge is 2.14. The minimum absolute atomic E-state index is 0.262. The number of nitrogens with zero attached hydrogens (tertiary/aromatic N) is 1. The summed E-state index contributed by atoms with van der Waals surface area (Å²) in [5.74, 6) is -0.262. The second-order valence-corrected chi connectivity index (χ2v) is 3.86. The molecule has 1 rings (SSSR count). The Morgan fingerprint density at radius 2 is 2.06 bits per heavy atom. The molecule has 0 saturated heterocycles. The van der Waals surface area contributed by atoms with Crippen LogP contribution in [0.2, 0.25) is 0 Å². The van der Waals surface area contributed by atoms with Crippen LogP contribution in [0.1, 0.15) is 47.6 Å². The quantitative estimate of drug-likeness (QED) is 0.734. The van der Waals surface area contributed by atoms with Gasteiger partial charge in [-0.05, 0) is 38.8 Å². The summed E-state index contributed by atoms with van der Waals surface area (Å²) in [7, 11) is 0. The molecule has 0 fully saturated rings. The maximum atomic E-state index is 11.7. The molecule has 0 atom stereocenters. The molecule has 0 bridgehead atoms. The average Bonchev–Trinajstić information content (AvgIpc) is 2.23. The van der Waals surface area contributed by atoms with Gasteiger partial charge in [0.1, 0.15) is 0 Å². The van der Waals surface area contributed by atoms with E-state index in [1.54, 1.807) is 0 Å². The van der Waals surface area contributed by atoms with Crippen LogP contribution in [0.4, 0.5) is 0 Å². The molecule has 0 aliphatic carbocycles. The van der Waals surface area contributed by atoms with Crippen molar-refractivity contribution in [2.75, 3.05) is 6.61 Å². The van der Waals surface area contributed by atoms with E-state index in [-0.39, 0.29) is 5.97 Å². The van der Waals surface area contributed by atoms with E-state index in [2.05, 4.69) is 11.9 Å². The zero-order chi connectivity index (χ0) is 12.1. The van der Waals surface area contributed by atoms with E-state index in [0.29, 0.717) is 12.2 Å². The Labute approximate surface area is 96.8 Å². The molecule has 1 aromatic heterocycles. The van der Waals surface area contributed by atoms with Crippen molar-refractivity contribution in [2.45, 2.75) is 40.5 Å². The third-order valence-corrected chi connectivity index (χ3v) is 2.53. The lowest BCUT2D eigenvalue weighted by atomic mass is 10.1. The summed E-state index contributed by atoms with van der Waals surface area (Å²) < 4.78 is 5.03. The molecular formula is C13H19NO2. The van der Waals surface area contributed by atoms with Crippen molar-refractivity contribution >= 4 is 5.97 Å². The molecule has 1 aromatic rings. The van der Waals surface area contributed by atoms with Gasteiger partial charge >= 0.3 is 5.97 Å². The second-order valence-electron chi connectivity index (χ2n) is 3.86. The summed E-state index contributed by atoms with van der Waals surface area (Å²) in [6.07, 6.45) is 1.79. The maximum absolute atomic E-state index is 11.7. The molecular weight excluding hydrogens is 202 g/mol. The number of carbonyl (C=O) groups excluding carboxylic acids is 1. The van der Waals surface area contributed by atoms with Crippen LogP contribution in [0.3, 0.4) is 0 Å². The van der Waals surface area contributed by atoms with Crippen LogP contribution in [0.5, 0.6) is 0 Å². The van der Waals surface area contributed by atoms with Crippen molar-refractivity contribution in [2.24, 2.45) is 0 Å². The molecule has 0 N–H and O–H groups in total. The summed E-state index contributed by atoms with van der Waals surface area (Å²) in [5, 5.41) is 0. The zero-order valence-electron chi connectivity index (χ0n) is 10.5. The van der Waals surface area contributed by atoms with Gasteiger partial charge in [0.2, 0.25) is 0 Å². The van der Waals surface area contributed by atoms with Crippen molar-refractivity contribution in [3.8, 4) is 0 Å². The average molecular weight is 221 g/mol. The minimum Gasteiger partial charge on any atom is -0.462 e. The Balaban J connectivity index is 3.13. The molecule has 0 radical (unpaired) electrons. The van der Waals surface area contributed by atoms with Crippen LogP contribution < -0.4 is 0 Å². The van der Waals surface area contributed by atoms with E-state index in [9.17, 15) is 4.79 Å². The molecule has 0 aromatic carbocycles. The topological polar surface area (TPSA) is 39.2 Å². The summed E-state index contributed by atoms with van der Waals surface area (Å²) in [6.45, 7) is 8.21. The Morgan fingerprint density at radius 1 is 1.38 bits per heavy atom. The van der Waals surface area contributed by atoms with E-state index < -0.39 is 0 Å². The number of aromatic nitrogens is 1. The Bertz CT molecular complexity index is 386. The molecule has 0 aliphatic heterocycles. The molecule has 0 amide bonds. The Hall–Kier alpha value is -1.38. The van der Waals surface area contributed by atoms with Crippen molar-refractivity contribution in [1.82, 2.24) is 4.98 Å². The van der Waals surface area contributed by atoms with Gasteiger partial charge in [0.25, 0.3) is 0 Å². The molecule has 0 spiro atoms. The fourth-order valence-electron chi connectivity index (χ4n) is 1.57. The van der Waals surface area contributed by atoms with Gasteiger partial charge in [-0.1, -0.05) is 13.3 Å². The Kier molecular flexibility index (Phi) is 4.47. The van der Waals surface area contributed by atoms with Crippen molar-refractivity contribution in [3.05, 3.63) is 28.6 Å². The first-order valence-corrected chi connectivity index (χ1v) is 5.74. The SMILES string of the molecule is CCCc1nc(C)c(C)cc1C(=O)OCC. The largest absolute Gasteiger partial charge is 0.462 e. The number of esters is 1. The molecule has 88 valence electrons. The molecule has 3 heteroatoms. The lowest BCUT2D eigenvalue weighted by Gasteiger charge is -2.10. The number of aryl methyl sites for hydroxylation is 3.